The standard InChI is InChI=1S/C6H10Br2O3S/c1-12(10,11)6(7,8)5(9)4-2-3-4/h4-5,9H,2-3H2,1H3/t5-/m1/s1. The van der Waals surface area contributed by atoms with E-state index in [1.165, 1.54) is 0 Å². The lowest BCUT2D eigenvalue weighted by atomic mass is 10.3. The summed E-state index contributed by atoms with van der Waals surface area (Å²) in [6, 6.07) is 0. The first-order valence-corrected chi connectivity index (χ1v) is 7.00. The van der Waals surface area contributed by atoms with Crippen LogP contribution in [0.15, 0.2) is 0 Å². The van der Waals surface area contributed by atoms with Crippen LogP contribution in [0.5, 0.6) is 0 Å². The van der Waals surface area contributed by atoms with E-state index in [0.29, 0.717) is 0 Å². The zero-order valence-corrected chi connectivity index (χ0v) is 10.5. The van der Waals surface area contributed by atoms with Crippen LogP contribution in [0, 0.1) is 5.92 Å². The van der Waals surface area contributed by atoms with Gasteiger partial charge >= 0.3 is 0 Å². The Balaban J connectivity index is 2.83. The van der Waals surface area contributed by atoms with E-state index in [-0.39, 0.29) is 5.92 Å². The van der Waals surface area contributed by atoms with Crippen molar-refractivity contribution in [2.45, 2.75) is 21.5 Å². The summed E-state index contributed by atoms with van der Waals surface area (Å²) >= 11 is 5.97. The van der Waals surface area contributed by atoms with Gasteiger partial charge in [-0.15, -0.1) is 0 Å². The number of rotatable bonds is 3. The van der Waals surface area contributed by atoms with Gasteiger partial charge in [0.05, 0.1) is 6.10 Å². The van der Waals surface area contributed by atoms with Gasteiger partial charge in [-0.1, -0.05) is 31.9 Å². The second-order valence-electron chi connectivity index (χ2n) is 3.12. The van der Waals surface area contributed by atoms with E-state index in [4.69, 9.17) is 0 Å². The molecule has 0 aromatic rings. The van der Waals surface area contributed by atoms with Gasteiger partial charge in [-0.25, -0.2) is 8.42 Å². The fourth-order valence-electron chi connectivity index (χ4n) is 0.906. The lowest BCUT2D eigenvalue weighted by Gasteiger charge is -2.24. The van der Waals surface area contributed by atoms with Crippen molar-refractivity contribution in [1.29, 1.82) is 0 Å². The smallest absolute Gasteiger partial charge is 0.206 e. The Morgan fingerprint density at radius 2 is 1.92 bits per heavy atom. The molecule has 0 amide bonds. The molecule has 3 nitrogen and oxygen atoms in total. The van der Waals surface area contributed by atoms with E-state index in [9.17, 15) is 13.5 Å². The van der Waals surface area contributed by atoms with Crippen molar-refractivity contribution in [1.82, 2.24) is 0 Å². The predicted molar refractivity (Wildman–Crippen MR) is 54.2 cm³/mol. The average Bonchev–Trinajstić information content (AvgIpc) is 2.64. The van der Waals surface area contributed by atoms with Gasteiger partial charge in [0.15, 0.2) is 9.84 Å². The summed E-state index contributed by atoms with van der Waals surface area (Å²) in [4.78, 5) is 0. The van der Waals surface area contributed by atoms with Gasteiger partial charge < -0.3 is 5.11 Å². The summed E-state index contributed by atoms with van der Waals surface area (Å²) in [7, 11) is -3.32. The fourth-order valence-corrected chi connectivity index (χ4v) is 2.28. The summed E-state index contributed by atoms with van der Waals surface area (Å²) in [5.74, 6) is 0.110. The zero-order valence-electron chi connectivity index (χ0n) is 6.50. The number of hydrogen-bond donors (Lipinski definition) is 1. The molecule has 0 heterocycles. The Kier molecular flexibility index (Phi) is 2.94. The van der Waals surface area contributed by atoms with Gasteiger partial charge in [0.1, 0.15) is 0 Å². The fraction of sp³-hybridized carbons (Fsp3) is 1.00. The summed E-state index contributed by atoms with van der Waals surface area (Å²) in [6.07, 6.45) is 2.01. The second kappa shape index (κ2) is 3.22. The first-order chi connectivity index (χ1) is 5.27. The van der Waals surface area contributed by atoms with E-state index in [2.05, 4.69) is 31.9 Å². The van der Waals surface area contributed by atoms with E-state index < -0.39 is 18.5 Å². The van der Waals surface area contributed by atoms with Crippen molar-refractivity contribution >= 4 is 41.7 Å². The van der Waals surface area contributed by atoms with Crippen molar-refractivity contribution in [2.75, 3.05) is 6.26 Å². The van der Waals surface area contributed by atoms with Gasteiger partial charge in [0.25, 0.3) is 0 Å². The van der Waals surface area contributed by atoms with Gasteiger partial charge in [0, 0.05) is 6.26 Å². The quantitative estimate of drug-likeness (QED) is 0.796. The molecule has 0 bridgehead atoms. The van der Waals surface area contributed by atoms with Crippen LogP contribution in [0.3, 0.4) is 0 Å². The highest BCUT2D eigenvalue weighted by atomic mass is 79.9. The lowest BCUT2D eigenvalue weighted by molar-refractivity contribution is 0.161. The summed E-state index contributed by atoms with van der Waals surface area (Å²) in [6.45, 7) is 0. The van der Waals surface area contributed by atoms with Crippen molar-refractivity contribution < 1.29 is 13.5 Å². The number of hydrogen-bond acceptors (Lipinski definition) is 3. The van der Waals surface area contributed by atoms with Crippen LogP contribution >= 0.6 is 31.9 Å². The minimum atomic E-state index is -3.32. The molecule has 1 aliphatic carbocycles. The minimum Gasteiger partial charge on any atom is -0.389 e. The van der Waals surface area contributed by atoms with E-state index in [0.717, 1.165) is 19.1 Å². The molecule has 1 atom stereocenters. The van der Waals surface area contributed by atoms with Gasteiger partial charge in [-0.3, -0.25) is 0 Å². The molecule has 0 radical (unpaired) electrons. The molecule has 0 aliphatic heterocycles. The normalized spacial score (nSPS) is 22.3. The maximum Gasteiger partial charge on any atom is 0.206 e. The number of aliphatic hydroxyl groups excluding tert-OH is 1. The summed E-state index contributed by atoms with van der Waals surface area (Å²) in [5.41, 5.74) is 0. The highest BCUT2D eigenvalue weighted by molar-refractivity contribution is 9.28. The Morgan fingerprint density at radius 1 is 1.50 bits per heavy atom. The van der Waals surface area contributed by atoms with E-state index in [1.54, 1.807) is 0 Å². The molecule has 0 unspecified atom stereocenters. The molecule has 0 saturated heterocycles. The van der Waals surface area contributed by atoms with Crippen LogP contribution in [0.1, 0.15) is 12.8 Å². The third-order valence-corrected chi connectivity index (χ3v) is 7.60. The zero-order chi connectivity index (χ0) is 9.57. The highest BCUT2D eigenvalue weighted by Crippen LogP contribution is 2.46. The van der Waals surface area contributed by atoms with Gasteiger partial charge in [-0.05, 0) is 18.8 Å². The van der Waals surface area contributed by atoms with Crippen molar-refractivity contribution in [3.8, 4) is 0 Å². The van der Waals surface area contributed by atoms with Crippen LogP contribution in [-0.4, -0.2) is 28.4 Å². The molecule has 6 heteroatoms. The maximum atomic E-state index is 11.2. The van der Waals surface area contributed by atoms with Crippen molar-refractivity contribution in [3.63, 3.8) is 0 Å². The first kappa shape index (κ1) is 10.9. The molecule has 1 aliphatic rings. The van der Waals surface area contributed by atoms with Crippen LogP contribution < -0.4 is 0 Å². The van der Waals surface area contributed by atoms with Crippen LogP contribution in [0.2, 0.25) is 0 Å². The third kappa shape index (κ3) is 2.02. The van der Waals surface area contributed by atoms with Crippen LogP contribution in [-0.2, 0) is 9.84 Å². The Hall–Kier alpha value is 0.870. The molecule has 0 spiro atoms. The lowest BCUT2D eigenvalue weighted by Crippen LogP contribution is -2.38. The van der Waals surface area contributed by atoms with Gasteiger partial charge in [-0.2, -0.15) is 0 Å². The predicted octanol–water partition coefficient (Wildman–Crippen LogP) is 1.25. The maximum absolute atomic E-state index is 11.2. The summed E-state index contributed by atoms with van der Waals surface area (Å²) < 4.78 is 21.0. The Labute approximate surface area is 88.7 Å². The minimum absolute atomic E-state index is 0.110. The molecule has 12 heavy (non-hydrogen) atoms. The molecule has 0 aromatic heterocycles. The second-order valence-corrected chi connectivity index (χ2v) is 9.92. The monoisotopic (exact) mass is 320 g/mol. The molecule has 0 aromatic carbocycles. The largest absolute Gasteiger partial charge is 0.389 e. The van der Waals surface area contributed by atoms with Crippen molar-refractivity contribution in [3.05, 3.63) is 0 Å². The number of aliphatic hydroxyl groups is 1. The molecule has 72 valence electrons. The highest BCUT2D eigenvalue weighted by Gasteiger charge is 2.49. The molecule has 1 saturated carbocycles. The third-order valence-electron chi connectivity index (χ3n) is 1.91. The molecule has 1 fully saturated rings. The van der Waals surface area contributed by atoms with E-state index >= 15 is 0 Å². The molecule has 1 N–H and O–H groups in total. The number of sulfone groups is 1. The van der Waals surface area contributed by atoms with Crippen molar-refractivity contribution in [2.24, 2.45) is 5.92 Å². The number of halogens is 2. The number of alkyl halides is 2. The Bertz CT molecular complexity index is 269. The molecular weight excluding hydrogens is 312 g/mol. The first-order valence-electron chi connectivity index (χ1n) is 3.52. The summed E-state index contributed by atoms with van der Waals surface area (Å²) in [5, 5.41) is 9.58. The van der Waals surface area contributed by atoms with Crippen LogP contribution in [0.25, 0.3) is 0 Å². The van der Waals surface area contributed by atoms with Gasteiger partial charge in [0.2, 0.25) is 2.57 Å². The SMILES string of the molecule is CS(=O)(=O)C(Br)(Br)[C@H](O)C1CC1. The van der Waals surface area contributed by atoms with E-state index in [1.807, 2.05) is 0 Å². The molecule has 1 rings (SSSR count). The molecular formula is C6H10Br2O3S. The van der Waals surface area contributed by atoms with Crippen LogP contribution in [0.4, 0.5) is 0 Å². The topological polar surface area (TPSA) is 54.4 Å². The Morgan fingerprint density at radius 3 is 2.17 bits per heavy atom. The average molecular weight is 322 g/mol.